The van der Waals surface area contributed by atoms with Crippen molar-refractivity contribution in [3.63, 3.8) is 0 Å². The molecule has 0 amide bonds. The Hall–Kier alpha value is -1.47. The van der Waals surface area contributed by atoms with E-state index in [1.54, 1.807) is 0 Å². The number of hydrogen-bond donors (Lipinski definition) is 1. The van der Waals surface area contributed by atoms with Crippen LogP contribution in [0, 0.1) is 19.8 Å². The minimum absolute atomic E-state index is 0.129. The molecule has 2 atom stereocenters. The zero-order valence-corrected chi connectivity index (χ0v) is 13.6. The first kappa shape index (κ1) is 14.5. The molecule has 21 heavy (non-hydrogen) atoms. The second-order valence-electron chi connectivity index (χ2n) is 5.16. The molecule has 0 spiro atoms. The molecule has 0 unspecified atom stereocenters. The third kappa shape index (κ3) is 3.24. The zero-order chi connectivity index (χ0) is 14.8. The van der Waals surface area contributed by atoms with Gasteiger partial charge in [0.15, 0.2) is 5.82 Å². The average Bonchev–Trinajstić information content (AvgIpc) is 3.08. The minimum atomic E-state index is -0.129. The number of halogens is 1. The number of pyridine rings is 1. The van der Waals surface area contributed by atoms with Gasteiger partial charge < -0.3 is 14.6 Å². The summed E-state index contributed by atoms with van der Waals surface area (Å²) in [5.41, 5.74) is 0.965. The van der Waals surface area contributed by atoms with E-state index < -0.39 is 0 Å². The van der Waals surface area contributed by atoms with Crippen molar-refractivity contribution in [2.24, 2.45) is 5.92 Å². The van der Waals surface area contributed by atoms with E-state index in [1.807, 2.05) is 26.0 Å². The molecule has 0 aromatic carbocycles. The normalized spacial score (nSPS) is 21.7. The minimum Gasteiger partial charge on any atom is -0.370 e. The number of ether oxygens (including phenoxy) is 1. The standard InChI is InChI=1S/C14H17BrN4O2/c1-8-11(15)3-4-12(17-8)16-7-10-5-6-20-13(10)14-18-9(2)19-21-14/h3-4,10,13H,5-7H2,1-2H3,(H,16,17)/t10-,13-/m0/s1. The van der Waals surface area contributed by atoms with Gasteiger partial charge in [0.25, 0.3) is 5.89 Å². The predicted octanol–water partition coefficient (Wildman–Crippen LogP) is 3.03. The van der Waals surface area contributed by atoms with Gasteiger partial charge >= 0.3 is 0 Å². The summed E-state index contributed by atoms with van der Waals surface area (Å²) in [4.78, 5) is 8.76. The SMILES string of the molecule is Cc1noc([C@H]2OCC[C@H]2CNc2ccc(Br)c(C)n2)n1. The molecule has 2 aromatic rings. The highest BCUT2D eigenvalue weighted by Gasteiger charge is 2.33. The number of anilines is 1. The van der Waals surface area contributed by atoms with Crippen molar-refractivity contribution in [3.05, 3.63) is 34.0 Å². The van der Waals surface area contributed by atoms with Gasteiger partial charge in [-0.15, -0.1) is 0 Å². The Morgan fingerprint density at radius 3 is 2.90 bits per heavy atom. The highest BCUT2D eigenvalue weighted by Crippen LogP contribution is 2.33. The summed E-state index contributed by atoms with van der Waals surface area (Å²) in [6.07, 6.45) is 0.837. The Kier molecular flexibility index (Phi) is 4.21. The lowest BCUT2D eigenvalue weighted by Crippen LogP contribution is -2.18. The largest absolute Gasteiger partial charge is 0.370 e. The molecule has 1 saturated heterocycles. The maximum absolute atomic E-state index is 5.73. The average molecular weight is 353 g/mol. The number of nitrogens with one attached hydrogen (secondary N) is 1. The quantitative estimate of drug-likeness (QED) is 0.911. The first-order valence-corrected chi connectivity index (χ1v) is 7.71. The van der Waals surface area contributed by atoms with Gasteiger partial charge in [0.1, 0.15) is 11.9 Å². The summed E-state index contributed by atoms with van der Waals surface area (Å²) >= 11 is 3.45. The molecule has 2 aromatic heterocycles. The highest BCUT2D eigenvalue weighted by atomic mass is 79.9. The third-order valence-electron chi connectivity index (χ3n) is 3.57. The Bertz CT molecular complexity index is 631. The van der Waals surface area contributed by atoms with Gasteiger partial charge in [-0.1, -0.05) is 5.16 Å². The van der Waals surface area contributed by atoms with Crippen LogP contribution in [0.25, 0.3) is 0 Å². The zero-order valence-electron chi connectivity index (χ0n) is 12.0. The lowest BCUT2D eigenvalue weighted by Gasteiger charge is -2.16. The number of nitrogens with zero attached hydrogens (tertiary/aromatic N) is 3. The summed E-state index contributed by atoms with van der Waals surface area (Å²) in [6, 6.07) is 3.95. The maximum Gasteiger partial charge on any atom is 0.256 e. The van der Waals surface area contributed by atoms with Crippen molar-refractivity contribution in [2.45, 2.75) is 26.4 Å². The van der Waals surface area contributed by atoms with Crippen molar-refractivity contribution in [1.82, 2.24) is 15.1 Å². The van der Waals surface area contributed by atoms with Crippen LogP contribution in [0.1, 0.15) is 29.9 Å². The maximum atomic E-state index is 5.73. The molecular weight excluding hydrogens is 336 g/mol. The van der Waals surface area contributed by atoms with Crippen LogP contribution in [0.2, 0.25) is 0 Å². The van der Waals surface area contributed by atoms with Gasteiger partial charge in [0.05, 0.1) is 5.69 Å². The van der Waals surface area contributed by atoms with Gasteiger partial charge in [-0.3, -0.25) is 0 Å². The molecule has 1 aliphatic heterocycles. The number of aryl methyl sites for hydroxylation is 2. The second kappa shape index (κ2) is 6.11. The third-order valence-corrected chi connectivity index (χ3v) is 4.41. The van der Waals surface area contributed by atoms with Crippen LogP contribution < -0.4 is 5.32 Å². The Labute approximate surface area is 131 Å². The van der Waals surface area contributed by atoms with Gasteiger partial charge in [0.2, 0.25) is 0 Å². The van der Waals surface area contributed by atoms with E-state index >= 15 is 0 Å². The number of aromatic nitrogens is 3. The van der Waals surface area contributed by atoms with E-state index in [-0.39, 0.29) is 6.10 Å². The van der Waals surface area contributed by atoms with Crippen molar-refractivity contribution in [3.8, 4) is 0 Å². The Morgan fingerprint density at radius 2 is 2.19 bits per heavy atom. The van der Waals surface area contributed by atoms with Gasteiger partial charge in [-0.2, -0.15) is 4.98 Å². The van der Waals surface area contributed by atoms with Crippen molar-refractivity contribution in [2.75, 3.05) is 18.5 Å². The molecule has 7 heteroatoms. The lowest BCUT2D eigenvalue weighted by atomic mass is 10.0. The van der Waals surface area contributed by atoms with Crippen LogP contribution in [0.4, 0.5) is 5.82 Å². The smallest absolute Gasteiger partial charge is 0.256 e. The van der Waals surface area contributed by atoms with Crippen LogP contribution in [0.3, 0.4) is 0 Å². The van der Waals surface area contributed by atoms with Crippen molar-refractivity contribution in [1.29, 1.82) is 0 Å². The Morgan fingerprint density at radius 1 is 1.33 bits per heavy atom. The monoisotopic (exact) mass is 352 g/mol. The first-order valence-electron chi connectivity index (χ1n) is 6.92. The molecule has 6 nitrogen and oxygen atoms in total. The summed E-state index contributed by atoms with van der Waals surface area (Å²) in [6.45, 7) is 5.26. The fourth-order valence-electron chi connectivity index (χ4n) is 2.42. The molecule has 0 saturated carbocycles. The summed E-state index contributed by atoms with van der Waals surface area (Å²) in [5.74, 6) is 2.37. The predicted molar refractivity (Wildman–Crippen MR) is 81.0 cm³/mol. The molecule has 1 N–H and O–H groups in total. The van der Waals surface area contributed by atoms with Crippen LogP contribution >= 0.6 is 15.9 Å². The van der Waals surface area contributed by atoms with Gasteiger partial charge in [0, 0.05) is 23.5 Å². The molecule has 1 fully saturated rings. The fourth-order valence-corrected chi connectivity index (χ4v) is 2.64. The van der Waals surface area contributed by atoms with Crippen molar-refractivity contribution < 1.29 is 9.26 Å². The topological polar surface area (TPSA) is 73.1 Å². The van der Waals surface area contributed by atoms with Gasteiger partial charge in [-0.05, 0) is 48.3 Å². The van der Waals surface area contributed by atoms with E-state index in [1.165, 1.54) is 0 Å². The van der Waals surface area contributed by atoms with E-state index in [0.717, 1.165) is 29.0 Å². The molecular formula is C14H17BrN4O2. The molecule has 0 radical (unpaired) electrons. The van der Waals surface area contributed by atoms with Crippen LogP contribution in [-0.2, 0) is 4.74 Å². The number of hydrogen-bond acceptors (Lipinski definition) is 6. The molecule has 3 heterocycles. The van der Waals surface area contributed by atoms with E-state index in [9.17, 15) is 0 Å². The van der Waals surface area contributed by atoms with E-state index in [4.69, 9.17) is 9.26 Å². The fraction of sp³-hybridized carbons (Fsp3) is 0.500. The second-order valence-corrected chi connectivity index (χ2v) is 6.02. The molecule has 0 aliphatic carbocycles. The molecule has 112 valence electrons. The van der Waals surface area contributed by atoms with Gasteiger partial charge in [-0.25, -0.2) is 4.98 Å². The first-order chi connectivity index (χ1) is 10.1. The molecule has 3 rings (SSSR count). The van der Waals surface area contributed by atoms with E-state index in [2.05, 4.69) is 36.4 Å². The number of rotatable bonds is 4. The lowest BCUT2D eigenvalue weighted by molar-refractivity contribution is 0.0650. The summed E-state index contributed by atoms with van der Waals surface area (Å²) < 4.78 is 12.0. The van der Waals surface area contributed by atoms with E-state index in [0.29, 0.717) is 24.2 Å². The molecule has 0 bridgehead atoms. The van der Waals surface area contributed by atoms with Crippen LogP contribution in [-0.4, -0.2) is 28.3 Å². The van der Waals surface area contributed by atoms with Crippen LogP contribution in [0.5, 0.6) is 0 Å². The summed E-state index contributed by atoms with van der Waals surface area (Å²) in [5, 5.41) is 7.19. The van der Waals surface area contributed by atoms with Crippen molar-refractivity contribution >= 4 is 21.7 Å². The van der Waals surface area contributed by atoms with Crippen LogP contribution in [0.15, 0.2) is 21.1 Å². The Balaban J connectivity index is 1.65. The summed E-state index contributed by atoms with van der Waals surface area (Å²) in [7, 11) is 0. The molecule has 1 aliphatic rings. The highest BCUT2D eigenvalue weighted by molar-refractivity contribution is 9.10.